The highest BCUT2D eigenvalue weighted by molar-refractivity contribution is 9.11. The van der Waals surface area contributed by atoms with Crippen LogP contribution >= 0.6 is 39.5 Å². The summed E-state index contributed by atoms with van der Waals surface area (Å²) in [7, 11) is 3.76. The molecule has 0 unspecified atom stereocenters. The van der Waals surface area contributed by atoms with Crippen molar-refractivity contribution in [3.8, 4) is 5.75 Å². The van der Waals surface area contributed by atoms with Gasteiger partial charge in [-0.05, 0) is 58.2 Å². The molecule has 1 aromatic carbocycles. The number of hydrogen-bond donors (Lipinski definition) is 1. The molecule has 0 saturated heterocycles. The molecule has 0 saturated carbocycles. The number of rotatable bonds is 6. The van der Waals surface area contributed by atoms with Gasteiger partial charge in [0.1, 0.15) is 10.7 Å². The lowest BCUT2D eigenvalue weighted by Gasteiger charge is -2.18. The van der Waals surface area contributed by atoms with Crippen LogP contribution in [-0.4, -0.2) is 24.0 Å². The van der Waals surface area contributed by atoms with Gasteiger partial charge in [0, 0.05) is 24.2 Å². The van der Waals surface area contributed by atoms with Crippen LogP contribution in [0.5, 0.6) is 5.75 Å². The Kier molecular flexibility index (Phi) is 5.75. The Labute approximate surface area is 142 Å². The zero-order valence-corrected chi connectivity index (χ0v) is 15.1. The van der Waals surface area contributed by atoms with Crippen LogP contribution in [-0.2, 0) is 13.1 Å². The molecule has 0 aliphatic carbocycles. The van der Waals surface area contributed by atoms with Gasteiger partial charge >= 0.3 is 0 Å². The molecule has 21 heavy (non-hydrogen) atoms. The molecule has 0 bridgehead atoms. The lowest BCUT2D eigenvalue weighted by Crippen LogP contribution is -2.18. The highest BCUT2D eigenvalue weighted by atomic mass is 79.9. The maximum Gasteiger partial charge on any atom is 0.123 e. The molecule has 0 aliphatic heterocycles. The standard InChI is InChI=1S/C15H17BrN2OS2/c1-18(7-10-5-14(16)21-9-10)8-12-6-11(15(17)20)3-4-13(12)19-2/h3-6,9H,7-8H2,1-2H3,(H2,17,20). The second-order valence-electron chi connectivity index (χ2n) is 4.82. The fourth-order valence-corrected chi connectivity index (χ4v) is 3.47. The van der Waals surface area contributed by atoms with Crippen LogP contribution in [0.15, 0.2) is 33.4 Å². The quantitative estimate of drug-likeness (QED) is 0.768. The number of methoxy groups -OCH3 is 1. The van der Waals surface area contributed by atoms with Crippen molar-refractivity contribution in [2.24, 2.45) is 5.73 Å². The van der Waals surface area contributed by atoms with Gasteiger partial charge in [0.25, 0.3) is 0 Å². The Balaban J connectivity index is 2.13. The van der Waals surface area contributed by atoms with Crippen molar-refractivity contribution in [2.45, 2.75) is 13.1 Å². The predicted octanol–water partition coefficient (Wildman–Crippen LogP) is 3.79. The molecule has 0 fully saturated rings. The summed E-state index contributed by atoms with van der Waals surface area (Å²) in [4.78, 5) is 2.64. The van der Waals surface area contributed by atoms with Gasteiger partial charge in [-0.1, -0.05) is 12.2 Å². The molecule has 0 spiro atoms. The summed E-state index contributed by atoms with van der Waals surface area (Å²) in [6.07, 6.45) is 0. The van der Waals surface area contributed by atoms with Crippen LogP contribution in [0.25, 0.3) is 0 Å². The lowest BCUT2D eigenvalue weighted by atomic mass is 10.1. The van der Waals surface area contributed by atoms with E-state index in [4.69, 9.17) is 22.7 Å². The largest absolute Gasteiger partial charge is 0.496 e. The van der Waals surface area contributed by atoms with Gasteiger partial charge in [0.05, 0.1) is 10.9 Å². The maximum absolute atomic E-state index is 5.70. The lowest BCUT2D eigenvalue weighted by molar-refractivity contribution is 0.310. The summed E-state index contributed by atoms with van der Waals surface area (Å²) in [5.74, 6) is 0.855. The van der Waals surface area contributed by atoms with Gasteiger partial charge in [-0.2, -0.15) is 0 Å². The topological polar surface area (TPSA) is 38.5 Å². The van der Waals surface area contributed by atoms with E-state index in [0.717, 1.165) is 33.8 Å². The minimum atomic E-state index is 0.406. The summed E-state index contributed by atoms with van der Waals surface area (Å²) < 4.78 is 6.57. The first kappa shape index (κ1) is 16.4. The molecule has 2 aromatic rings. The molecule has 2 N–H and O–H groups in total. The van der Waals surface area contributed by atoms with E-state index in [2.05, 4.69) is 39.3 Å². The third kappa shape index (κ3) is 4.51. The van der Waals surface area contributed by atoms with Gasteiger partial charge in [-0.15, -0.1) is 11.3 Å². The third-order valence-corrected chi connectivity index (χ3v) is 4.87. The van der Waals surface area contributed by atoms with Gasteiger partial charge in [-0.3, -0.25) is 4.90 Å². The Morgan fingerprint density at radius 3 is 2.71 bits per heavy atom. The van der Waals surface area contributed by atoms with Gasteiger partial charge in [0.2, 0.25) is 0 Å². The minimum Gasteiger partial charge on any atom is -0.496 e. The Morgan fingerprint density at radius 1 is 1.38 bits per heavy atom. The van der Waals surface area contributed by atoms with Gasteiger partial charge in [-0.25, -0.2) is 0 Å². The summed E-state index contributed by atoms with van der Waals surface area (Å²) in [5, 5.41) is 2.16. The van der Waals surface area contributed by atoms with Crippen molar-refractivity contribution in [3.05, 3.63) is 50.1 Å². The van der Waals surface area contributed by atoms with Crippen LogP contribution in [0, 0.1) is 0 Å². The van der Waals surface area contributed by atoms with Crippen molar-refractivity contribution in [3.63, 3.8) is 0 Å². The third-order valence-electron chi connectivity index (χ3n) is 3.08. The average Bonchev–Trinajstić information content (AvgIpc) is 2.83. The monoisotopic (exact) mass is 384 g/mol. The highest BCUT2D eigenvalue weighted by Gasteiger charge is 2.10. The first-order valence-electron chi connectivity index (χ1n) is 6.37. The van der Waals surface area contributed by atoms with Crippen molar-refractivity contribution in [2.75, 3.05) is 14.2 Å². The first-order valence-corrected chi connectivity index (χ1v) is 8.46. The van der Waals surface area contributed by atoms with Crippen LogP contribution < -0.4 is 10.5 Å². The van der Waals surface area contributed by atoms with Crippen molar-refractivity contribution >= 4 is 44.5 Å². The fraction of sp³-hybridized carbons (Fsp3) is 0.267. The van der Waals surface area contributed by atoms with Crippen molar-refractivity contribution in [1.29, 1.82) is 0 Å². The maximum atomic E-state index is 5.70. The molecular formula is C15H17BrN2OS2. The fourth-order valence-electron chi connectivity index (χ4n) is 2.14. The number of thiophene rings is 1. The number of thiocarbonyl (C=S) groups is 1. The average molecular weight is 385 g/mol. The van der Waals surface area contributed by atoms with Crippen LogP contribution in [0.4, 0.5) is 0 Å². The predicted molar refractivity (Wildman–Crippen MR) is 96.1 cm³/mol. The number of halogens is 1. The van der Waals surface area contributed by atoms with Crippen molar-refractivity contribution in [1.82, 2.24) is 4.90 Å². The minimum absolute atomic E-state index is 0.406. The van der Waals surface area contributed by atoms with Crippen LogP contribution in [0.2, 0.25) is 0 Å². The molecule has 0 atom stereocenters. The summed E-state index contributed by atoms with van der Waals surface area (Å²) in [5.41, 5.74) is 8.95. The normalized spacial score (nSPS) is 10.9. The molecule has 2 rings (SSSR count). The molecule has 112 valence electrons. The van der Waals surface area contributed by atoms with E-state index in [1.165, 1.54) is 5.56 Å². The Bertz CT molecular complexity index is 642. The van der Waals surface area contributed by atoms with Gasteiger partial charge in [0.15, 0.2) is 0 Å². The van der Waals surface area contributed by atoms with E-state index in [1.807, 2.05) is 18.2 Å². The Hall–Kier alpha value is -0.950. The molecule has 0 amide bonds. The van der Waals surface area contributed by atoms with E-state index in [0.29, 0.717) is 4.99 Å². The van der Waals surface area contributed by atoms with E-state index in [1.54, 1.807) is 18.4 Å². The molecular weight excluding hydrogens is 368 g/mol. The van der Waals surface area contributed by atoms with Crippen LogP contribution in [0.1, 0.15) is 16.7 Å². The second kappa shape index (κ2) is 7.35. The molecule has 6 heteroatoms. The number of benzene rings is 1. The smallest absolute Gasteiger partial charge is 0.123 e. The zero-order valence-electron chi connectivity index (χ0n) is 11.9. The van der Waals surface area contributed by atoms with Crippen molar-refractivity contribution < 1.29 is 4.74 Å². The van der Waals surface area contributed by atoms with E-state index in [9.17, 15) is 0 Å². The van der Waals surface area contributed by atoms with Crippen LogP contribution in [0.3, 0.4) is 0 Å². The number of nitrogens with two attached hydrogens (primary N) is 1. The highest BCUT2D eigenvalue weighted by Crippen LogP contribution is 2.24. The second-order valence-corrected chi connectivity index (χ2v) is 7.55. The summed E-state index contributed by atoms with van der Waals surface area (Å²) >= 11 is 10.2. The number of ether oxygens (including phenoxy) is 1. The molecule has 1 aromatic heterocycles. The molecule has 3 nitrogen and oxygen atoms in total. The molecule has 0 radical (unpaired) electrons. The summed E-state index contributed by atoms with van der Waals surface area (Å²) in [6.45, 7) is 1.65. The first-order chi connectivity index (χ1) is 9.99. The Morgan fingerprint density at radius 2 is 2.14 bits per heavy atom. The van der Waals surface area contributed by atoms with E-state index >= 15 is 0 Å². The zero-order chi connectivity index (χ0) is 15.4. The number of hydrogen-bond acceptors (Lipinski definition) is 4. The number of nitrogens with zero attached hydrogens (tertiary/aromatic N) is 1. The van der Waals surface area contributed by atoms with E-state index in [-0.39, 0.29) is 0 Å². The molecule has 1 heterocycles. The van der Waals surface area contributed by atoms with E-state index < -0.39 is 0 Å². The summed E-state index contributed by atoms with van der Waals surface area (Å²) in [6, 6.07) is 7.95. The molecule has 0 aliphatic rings. The van der Waals surface area contributed by atoms with Gasteiger partial charge < -0.3 is 10.5 Å². The SMILES string of the molecule is COc1ccc(C(N)=S)cc1CN(C)Cc1csc(Br)c1.